The third-order valence-electron chi connectivity index (χ3n) is 3.98. The molecule has 0 spiro atoms. The Hall–Kier alpha value is -2.05. The predicted molar refractivity (Wildman–Crippen MR) is 76.6 cm³/mol. The number of carbonyl (C=O) groups is 2. The third kappa shape index (κ3) is 2.36. The van der Waals surface area contributed by atoms with Crippen LogP contribution in [-0.2, 0) is 14.3 Å². The van der Waals surface area contributed by atoms with E-state index in [0.717, 1.165) is 12.8 Å². The number of hydrogen-bond acceptors (Lipinski definition) is 6. The molecule has 0 amide bonds. The number of fused-ring (bicyclic) bond motifs is 2. The van der Waals surface area contributed by atoms with Crippen molar-refractivity contribution < 1.29 is 14.3 Å². The van der Waals surface area contributed by atoms with Gasteiger partial charge in [0.2, 0.25) is 0 Å². The summed E-state index contributed by atoms with van der Waals surface area (Å²) in [5.74, 6) is -1.72. The van der Waals surface area contributed by atoms with Crippen molar-refractivity contribution in [2.45, 2.75) is 19.3 Å². The van der Waals surface area contributed by atoms with Gasteiger partial charge >= 0.3 is 5.97 Å². The number of nitrogens with zero attached hydrogens (tertiary/aromatic N) is 2. The van der Waals surface area contributed by atoms with Crippen LogP contribution in [0.5, 0.6) is 0 Å². The standard InChI is InChI=1S/C15H14N2O3S/c1-20-15(19)10(6-16)12-8-4-3-5-9(12)14(21-2)11(7-17)13(8)18/h8-9H,3-5H2,1-2H3/b12-10+/t8-,9-/m0/s1. The van der Waals surface area contributed by atoms with Crippen molar-refractivity contribution in [1.82, 2.24) is 0 Å². The summed E-state index contributed by atoms with van der Waals surface area (Å²) >= 11 is 1.34. The Balaban J connectivity index is 2.72. The van der Waals surface area contributed by atoms with Gasteiger partial charge in [0, 0.05) is 16.7 Å². The molecule has 2 rings (SSSR count). The molecule has 0 heterocycles. The molecule has 1 fully saturated rings. The average molecular weight is 302 g/mol. The molecule has 6 heteroatoms. The molecule has 2 atom stereocenters. The van der Waals surface area contributed by atoms with E-state index in [-0.39, 0.29) is 22.8 Å². The second-order valence-corrected chi connectivity index (χ2v) is 5.74. The maximum atomic E-state index is 12.5. The van der Waals surface area contributed by atoms with Crippen molar-refractivity contribution in [3.05, 3.63) is 21.6 Å². The van der Waals surface area contributed by atoms with E-state index < -0.39 is 11.9 Å². The lowest BCUT2D eigenvalue weighted by atomic mass is 9.67. The highest BCUT2D eigenvalue weighted by Gasteiger charge is 2.44. The first-order chi connectivity index (χ1) is 10.1. The molecular weight excluding hydrogens is 288 g/mol. The first kappa shape index (κ1) is 15.3. The highest BCUT2D eigenvalue weighted by Crippen LogP contribution is 2.49. The van der Waals surface area contributed by atoms with Crippen LogP contribution >= 0.6 is 11.8 Å². The van der Waals surface area contributed by atoms with Crippen molar-refractivity contribution in [1.29, 1.82) is 10.5 Å². The summed E-state index contributed by atoms with van der Waals surface area (Å²) in [6, 6.07) is 3.88. The van der Waals surface area contributed by atoms with Crippen LogP contribution in [0, 0.1) is 34.5 Å². The SMILES string of the molecule is COC(=O)/C(C#N)=C1\[C@@H]2CCC[C@@H]1C(SC)=C(C#N)C2=O. The molecule has 0 radical (unpaired) electrons. The Morgan fingerprint density at radius 2 is 2.00 bits per heavy atom. The predicted octanol–water partition coefficient (Wildman–Crippen LogP) is 2.12. The van der Waals surface area contributed by atoms with E-state index >= 15 is 0 Å². The number of ether oxygens (including phenoxy) is 1. The van der Waals surface area contributed by atoms with Gasteiger partial charge in [-0.3, -0.25) is 4.79 Å². The van der Waals surface area contributed by atoms with E-state index in [1.54, 1.807) is 6.26 Å². The van der Waals surface area contributed by atoms with E-state index in [4.69, 9.17) is 0 Å². The van der Waals surface area contributed by atoms with Crippen molar-refractivity contribution in [3.8, 4) is 12.1 Å². The fourth-order valence-corrected chi connectivity index (χ4v) is 4.01. The molecule has 0 aromatic heterocycles. The number of nitriles is 2. The van der Waals surface area contributed by atoms with E-state index in [1.807, 2.05) is 12.1 Å². The Morgan fingerprint density at radius 1 is 1.33 bits per heavy atom. The summed E-state index contributed by atoms with van der Waals surface area (Å²) in [4.78, 5) is 25.0. The fourth-order valence-electron chi connectivity index (χ4n) is 3.13. The van der Waals surface area contributed by atoms with Gasteiger partial charge in [-0.05, 0) is 24.7 Å². The van der Waals surface area contributed by atoms with Crippen LogP contribution in [0.1, 0.15) is 19.3 Å². The van der Waals surface area contributed by atoms with E-state index in [9.17, 15) is 20.1 Å². The molecule has 2 bridgehead atoms. The zero-order chi connectivity index (χ0) is 15.6. The summed E-state index contributed by atoms with van der Waals surface area (Å²) < 4.78 is 4.66. The molecule has 0 aromatic carbocycles. The van der Waals surface area contributed by atoms with E-state index in [1.165, 1.54) is 18.9 Å². The van der Waals surface area contributed by atoms with Gasteiger partial charge in [0.25, 0.3) is 0 Å². The van der Waals surface area contributed by atoms with Crippen LogP contribution in [0.3, 0.4) is 0 Å². The van der Waals surface area contributed by atoms with Crippen LogP contribution in [0.25, 0.3) is 0 Å². The lowest BCUT2D eigenvalue weighted by Crippen LogP contribution is -2.35. The maximum Gasteiger partial charge on any atom is 0.348 e. The van der Waals surface area contributed by atoms with Crippen LogP contribution in [-0.4, -0.2) is 25.1 Å². The maximum absolute atomic E-state index is 12.5. The van der Waals surface area contributed by atoms with Gasteiger partial charge in [0.15, 0.2) is 5.78 Å². The molecule has 0 aromatic rings. The molecule has 0 saturated heterocycles. The summed E-state index contributed by atoms with van der Waals surface area (Å²) in [5, 5.41) is 18.5. The van der Waals surface area contributed by atoms with Gasteiger partial charge in [-0.15, -0.1) is 11.8 Å². The van der Waals surface area contributed by atoms with E-state index in [0.29, 0.717) is 16.9 Å². The molecule has 1 saturated carbocycles. The minimum atomic E-state index is -0.710. The summed E-state index contributed by atoms with van der Waals surface area (Å²) in [6.45, 7) is 0. The number of hydrogen-bond donors (Lipinski definition) is 0. The molecule has 5 nitrogen and oxygen atoms in total. The monoisotopic (exact) mass is 302 g/mol. The van der Waals surface area contributed by atoms with Crippen molar-refractivity contribution in [2.75, 3.05) is 13.4 Å². The quantitative estimate of drug-likeness (QED) is 0.441. The third-order valence-corrected chi connectivity index (χ3v) is 4.91. The largest absolute Gasteiger partial charge is 0.465 e. The van der Waals surface area contributed by atoms with Crippen LogP contribution in [0.15, 0.2) is 21.6 Å². The minimum absolute atomic E-state index is 0.0795. The average Bonchev–Trinajstić information content (AvgIpc) is 2.51. The number of carbonyl (C=O) groups excluding carboxylic acids is 2. The Labute approximate surface area is 127 Å². The lowest BCUT2D eigenvalue weighted by molar-refractivity contribution is -0.135. The van der Waals surface area contributed by atoms with Crippen LogP contribution in [0.4, 0.5) is 0 Å². The number of methoxy groups -OCH3 is 1. The Kier molecular flexibility index (Phi) is 4.50. The van der Waals surface area contributed by atoms with Gasteiger partial charge in [0.05, 0.1) is 7.11 Å². The Bertz CT molecular complexity index is 649. The number of rotatable bonds is 2. The normalized spacial score (nSPS) is 26.8. The second-order valence-electron chi connectivity index (χ2n) is 4.89. The number of thioether (sulfide) groups is 1. The summed E-state index contributed by atoms with van der Waals surface area (Å²) in [7, 11) is 1.21. The molecule has 0 unspecified atom stereocenters. The van der Waals surface area contributed by atoms with Crippen LogP contribution in [0.2, 0.25) is 0 Å². The fraction of sp³-hybridized carbons (Fsp3) is 0.467. The molecule has 2 aliphatic carbocycles. The van der Waals surface area contributed by atoms with Gasteiger partial charge in [-0.25, -0.2) is 4.79 Å². The topological polar surface area (TPSA) is 90.9 Å². The molecular formula is C15H14N2O3S. The van der Waals surface area contributed by atoms with E-state index in [2.05, 4.69) is 4.74 Å². The molecule has 0 aliphatic heterocycles. The summed E-state index contributed by atoms with van der Waals surface area (Å²) in [5.41, 5.74) is 0.649. The second kappa shape index (κ2) is 6.15. The number of allylic oxidation sites excluding steroid dienone is 3. The number of esters is 1. The van der Waals surface area contributed by atoms with Crippen molar-refractivity contribution in [3.63, 3.8) is 0 Å². The van der Waals surface area contributed by atoms with Crippen molar-refractivity contribution in [2.24, 2.45) is 11.8 Å². The zero-order valence-corrected chi connectivity index (χ0v) is 12.6. The minimum Gasteiger partial charge on any atom is -0.465 e. The molecule has 0 N–H and O–H groups in total. The van der Waals surface area contributed by atoms with Gasteiger partial charge in [-0.2, -0.15) is 10.5 Å². The number of ketones is 1. The number of Topliss-reactive ketones (excluding diaryl/α,β-unsaturated/α-hetero) is 1. The molecule has 2 aliphatic rings. The highest BCUT2D eigenvalue weighted by atomic mass is 32.2. The molecule has 108 valence electrons. The van der Waals surface area contributed by atoms with Gasteiger partial charge < -0.3 is 4.74 Å². The van der Waals surface area contributed by atoms with Gasteiger partial charge in [0.1, 0.15) is 23.3 Å². The highest BCUT2D eigenvalue weighted by molar-refractivity contribution is 8.02. The van der Waals surface area contributed by atoms with Gasteiger partial charge in [-0.1, -0.05) is 6.42 Å². The first-order valence-electron chi connectivity index (χ1n) is 6.55. The van der Waals surface area contributed by atoms with Crippen molar-refractivity contribution >= 4 is 23.5 Å². The lowest BCUT2D eigenvalue weighted by Gasteiger charge is -2.37. The first-order valence-corrected chi connectivity index (χ1v) is 7.78. The summed E-state index contributed by atoms with van der Waals surface area (Å²) in [6.07, 6.45) is 3.95. The van der Waals surface area contributed by atoms with Crippen LogP contribution < -0.4 is 0 Å². The zero-order valence-electron chi connectivity index (χ0n) is 11.8. The smallest absolute Gasteiger partial charge is 0.348 e. The molecule has 21 heavy (non-hydrogen) atoms. The Morgan fingerprint density at radius 3 is 2.52 bits per heavy atom.